The van der Waals surface area contributed by atoms with Gasteiger partial charge >= 0.3 is 0 Å². The van der Waals surface area contributed by atoms with Crippen molar-refractivity contribution in [1.82, 2.24) is 0 Å². The summed E-state index contributed by atoms with van der Waals surface area (Å²) in [6.07, 6.45) is 3.22. The van der Waals surface area contributed by atoms with Gasteiger partial charge in [0.25, 0.3) is 0 Å². The maximum atomic E-state index is 10.4. The average Bonchev–Trinajstić information content (AvgIpc) is 2.62. The van der Waals surface area contributed by atoms with Crippen molar-refractivity contribution >= 4 is 5.78 Å². The lowest BCUT2D eigenvalue weighted by Crippen LogP contribution is -2.02. The van der Waals surface area contributed by atoms with Crippen molar-refractivity contribution in [2.24, 2.45) is 5.92 Å². The minimum Gasteiger partial charge on any atom is -0.381 e. The fourth-order valence-corrected chi connectivity index (χ4v) is 0.750. The maximum absolute atomic E-state index is 10.4. The molecule has 1 saturated carbocycles. The van der Waals surface area contributed by atoms with E-state index in [1.54, 1.807) is 6.92 Å². The van der Waals surface area contributed by atoms with Crippen molar-refractivity contribution in [3.05, 3.63) is 0 Å². The number of ketones is 1. The summed E-state index contributed by atoms with van der Waals surface area (Å²) in [6.45, 7) is 3.08. The van der Waals surface area contributed by atoms with E-state index in [1.807, 2.05) is 0 Å². The van der Waals surface area contributed by atoms with E-state index in [9.17, 15) is 4.79 Å². The van der Waals surface area contributed by atoms with Gasteiger partial charge in [-0.2, -0.15) is 0 Å². The third kappa shape index (κ3) is 3.62. The Labute approximate surface area is 61.6 Å². The monoisotopic (exact) mass is 142 g/mol. The summed E-state index contributed by atoms with van der Waals surface area (Å²) in [4.78, 5) is 10.4. The van der Waals surface area contributed by atoms with E-state index in [1.165, 1.54) is 12.8 Å². The number of hydrogen-bond acceptors (Lipinski definition) is 2. The van der Waals surface area contributed by atoms with E-state index in [2.05, 4.69) is 0 Å². The number of hydrogen-bond donors (Lipinski definition) is 0. The van der Waals surface area contributed by atoms with Crippen LogP contribution in [-0.4, -0.2) is 19.0 Å². The summed E-state index contributed by atoms with van der Waals surface area (Å²) in [7, 11) is 0. The molecule has 0 aromatic heterocycles. The van der Waals surface area contributed by atoms with Crippen LogP contribution in [0.15, 0.2) is 0 Å². The average molecular weight is 142 g/mol. The summed E-state index contributed by atoms with van der Waals surface area (Å²) < 4.78 is 5.25. The molecule has 0 bridgehead atoms. The van der Waals surface area contributed by atoms with E-state index < -0.39 is 0 Å². The van der Waals surface area contributed by atoms with Crippen molar-refractivity contribution in [2.75, 3.05) is 13.2 Å². The van der Waals surface area contributed by atoms with Crippen molar-refractivity contribution < 1.29 is 9.53 Å². The van der Waals surface area contributed by atoms with Crippen molar-refractivity contribution in [2.45, 2.75) is 26.2 Å². The summed E-state index contributed by atoms with van der Waals surface area (Å²) in [5, 5.41) is 0. The molecule has 0 spiro atoms. The topological polar surface area (TPSA) is 26.3 Å². The molecule has 2 heteroatoms. The number of carbonyl (C=O) groups is 1. The molecule has 58 valence electrons. The van der Waals surface area contributed by atoms with Crippen molar-refractivity contribution in [1.29, 1.82) is 0 Å². The molecule has 2 nitrogen and oxygen atoms in total. The molecule has 1 fully saturated rings. The van der Waals surface area contributed by atoms with Gasteiger partial charge in [0, 0.05) is 13.0 Å². The second-order valence-electron chi connectivity index (χ2n) is 2.97. The quantitative estimate of drug-likeness (QED) is 0.542. The Hall–Kier alpha value is -0.370. The number of carbonyl (C=O) groups excluding carboxylic acids is 1. The first kappa shape index (κ1) is 7.73. The molecule has 0 amide bonds. The molecule has 0 N–H and O–H groups in total. The van der Waals surface area contributed by atoms with Crippen LogP contribution in [0.1, 0.15) is 26.2 Å². The summed E-state index contributed by atoms with van der Waals surface area (Å²) in [6, 6.07) is 0. The standard InChI is InChI=1S/C8H14O2/c1-7(9)4-5-10-6-8-2-3-8/h8H,2-6H2,1H3. The first-order valence-corrected chi connectivity index (χ1v) is 3.86. The van der Waals surface area contributed by atoms with Gasteiger partial charge in [0.15, 0.2) is 0 Å². The molecule has 1 rings (SSSR count). The SMILES string of the molecule is CC(=O)CCOCC1CC1. The fraction of sp³-hybridized carbons (Fsp3) is 0.875. The van der Waals surface area contributed by atoms with Gasteiger partial charge in [-0.25, -0.2) is 0 Å². The second kappa shape index (κ2) is 3.71. The van der Waals surface area contributed by atoms with Gasteiger partial charge < -0.3 is 4.74 Å². The molecule has 1 aliphatic rings. The van der Waals surface area contributed by atoms with E-state index in [-0.39, 0.29) is 5.78 Å². The molecule has 0 atom stereocenters. The Kier molecular flexibility index (Phi) is 2.87. The molecule has 10 heavy (non-hydrogen) atoms. The van der Waals surface area contributed by atoms with E-state index in [0.717, 1.165) is 12.5 Å². The lowest BCUT2D eigenvalue weighted by atomic mass is 10.3. The zero-order valence-electron chi connectivity index (χ0n) is 6.43. The molecule has 0 saturated heterocycles. The summed E-state index contributed by atoms with van der Waals surface area (Å²) in [5.74, 6) is 1.03. The molecule has 0 unspecified atom stereocenters. The van der Waals surface area contributed by atoms with Gasteiger partial charge in [0.2, 0.25) is 0 Å². The lowest BCUT2D eigenvalue weighted by Gasteiger charge is -1.98. The van der Waals surface area contributed by atoms with Crippen LogP contribution in [0, 0.1) is 5.92 Å². The van der Waals surface area contributed by atoms with Crippen LogP contribution < -0.4 is 0 Å². The van der Waals surface area contributed by atoms with Crippen LogP contribution in [0.25, 0.3) is 0 Å². The Morgan fingerprint density at radius 1 is 1.60 bits per heavy atom. The van der Waals surface area contributed by atoms with Gasteiger partial charge in [-0.1, -0.05) is 0 Å². The third-order valence-corrected chi connectivity index (χ3v) is 1.65. The smallest absolute Gasteiger partial charge is 0.132 e. The Balaban J connectivity index is 1.80. The van der Waals surface area contributed by atoms with E-state index in [4.69, 9.17) is 4.74 Å². The van der Waals surface area contributed by atoms with Gasteiger partial charge in [-0.05, 0) is 25.7 Å². The minimum absolute atomic E-state index is 0.218. The highest BCUT2D eigenvalue weighted by Gasteiger charge is 2.20. The Bertz CT molecular complexity index is 116. The van der Waals surface area contributed by atoms with E-state index in [0.29, 0.717) is 13.0 Å². The maximum Gasteiger partial charge on any atom is 0.132 e. The molecule has 0 heterocycles. The van der Waals surface area contributed by atoms with Crippen LogP contribution in [0.3, 0.4) is 0 Å². The fourth-order valence-electron chi connectivity index (χ4n) is 0.750. The van der Waals surface area contributed by atoms with Crippen molar-refractivity contribution in [3.8, 4) is 0 Å². The molecular weight excluding hydrogens is 128 g/mol. The molecule has 0 aliphatic heterocycles. The minimum atomic E-state index is 0.218. The van der Waals surface area contributed by atoms with Crippen LogP contribution >= 0.6 is 0 Å². The molecule has 1 aliphatic carbocycles. The second-order valence-corrected chi connectivity index (χ2v) is 2.97. The van der Waals surface area contributed by atoms with Crippen LogP contribution in [0.4, 0.5) is 0 Å². The normalized spacial score (nSPS) is 17.3. The van der Waals surface area contributed by atoms with Crippen molar-refractivity contribution in [3.63, 3.8) is 0 Å². The lowest BCUT2D eigenvalue weighted by molar-refractivity contribution is -0.118. The van der Waals surface area contributed by atoms with Gasteiger partial charge in [0.05, 0.1) is 6.61 Å². The van der Waals surface area contributed by atoms with Gasteiger partial charge in [-0.3, -0.25) is 4.79 Å². The van der Waals surface area contributed by atoms with Crippen LogP contribution in [-0.2, 0) is 9.53 Å². The van der Waals surface area contributed by atoms with Gasteiger partial charge in [-0.15, -0.1) is 0 Å². The zero-order valence-corrected chi connectivity index (χ0v) is 6.43. The van der Waals surface area contributed by atoms with Crippen LogP contribution in [0.2, 0.25) is 0 Å². The Morgan fingerprint density at radius 3 is 2.80 bits per heavy atom. The number of rotatable bonds is 5. The van der Waals surface area contributed by atoms with E-state index >= 15 is 0 Å². The first-order valence-electron chi connectivity index (χ1n) is 3.86. The molecule has 0 aromatic carbocycles. The third-order valence-electron chi connectivity index (χ3n) is 1.65. The largest absolute Gasteiger partial charge is 0.381 e. The highest BCUT2D eigenvalue weighted by molar-refractivity contribution is 5.75. The molecule has 0 aromatic rings. The number of ether oxygens (including phenoxy) is 1. The van der Waals surface area contributed by atoms with Gasteiger partial charge in [0.1, 0.15) is 5.78 Å². The predicted molar refractivity (Wildman–Crippen MR) is 38.8 cm³/mol. The first-order chi connectivity index (χ1) is 4.79. The zero-order chi connectivity index (χ0) is 7.40. The molecule has 0 radical (unpaired) electrons. The Morgan fingerprint density at radius 2 is 2.30 bits per heavy atom. The highest BCUT2D eigenvalue weighted by atomic mass is 16.5. The molecular formula is C8H14O2. The number of Topliss-reactive ketones (excluding diaryl/α,β-unsaturated/α-hetero) is 1. The summed E-state index contributed by atoms with van der Waals surface area (Å²) >= 11 is 0. The summed E-state index contributed by atoms with van der Waals surface area (Å²) in [5.41, 5.74) is 0. The predicted octanol–water partition coefficient (Wildman–Crippen LogP) is 1.39. The highest BCUT2D eigenvalue weighted by Crippen LogP contribution is 2.28. The van der Waals surface area contributed by atoms with Crippen LogP contribution in [0.5, 0.6) is 0 Å².